The van der Waals surface area contributed by atoms with E-state index in [-0.39, 0.29) is 18.9 Å². The summed E-state index contributed by atoms with van der Waals surface area (Å²) >= 11 is 0. The van der Waals surface area contributed by atoms with Gasteiger partial charge in [0, 0.05) is 26.6 Å². The fourth-order valence-electron chi connectivity index (χ4n) is 2.23. The molecule has 0 aromatic rings. The van der Waals surface area contributed by atoms with Crippen molar-refractivity contribution < 1.29 is 24.6 Å². The van der Waals surface area contributed by atoms with Crippen molar-refractivity contribution in [1.29, 1.82) is 0 Å². The molecule has 114 valence electrons. The third-order valence-corrected chi connectivity index (χ3v) is 3.33. The second kappa shape index (κ2) is 7.68. The Balaban J connectivity index is 2.71. The second-order valence-corrected chi connectivity index (χ2v) is 4.67. The number of carbonyl (C=O) groups is 3. The molecule has 8 heteroatoms. The highest BCUT2D eigenvalue weighted by Crippen LogP contribution is 2.17. The van der Waals surface area contributed by atoms with Crippen molar-refractivity contribution in [2.75, 3.05) is 20.2 Å². The lowest BCUT2D eigenvalue weighted by Crippen LogP contribution is -2.56. The van der Waals surface area contributed by atoms with Crippen LogP contribution in [-0.2, 0) is 9.59 Å². The molecule has 20 heavy (non-hydrogen) atoms. The molecule has 2 atom stereocenters. The van der Waals surface area contributed by atoms with Crippen LogP contribution in [0.15, 0.2) is 0 Å². The van der Waals surface area contributed by atoms with Crippen LogP contribution in [0.25, 0.3) is 0 Å². The normalized spacial score (nSPS) is 20.1. The second-order valence-electron chi connectivity index (χ2n) is 4.67. The first-order valence-electron chi connectivity index (χ1n) is 6.63. The van der Waals surface area contributed by atoms with Crippen LogP contribution in [0.1, 0.15) is 25.7 Å². The van der Waals surface area contributed by atoms with Crippen molar-refractivity contribution in [3.63, 3.8) is 0 Å². The SMILES string of the molecule is CNC(=O)C1CCCCN1C(=O)N[C@@H](CCO)C(=O)O. The Hall–Kier alpha value is -1.83. The van der Waals surface area contributed by atoms with Crippen LogP contribution < -0.4 is 10.6 Å². The molecule has 0 aromatic heterocycles. The number of aliphatic hydroxyl groups is 1. The molecule has 1 saturated heterocycles. The molecular weight excluding hydrogens is 266 g/mol. The lowest BCUT2D eigenvalue weighted by molar-refractivity contribution is -0.139. The van der Waals surface area contributed by atoms with Gasteiger partial charge in [0.1, 0.15) is 12.1 Å². The van der Waals surface area contributed by atoms with E-state index in [4.69, 9.17) is 10.2 Å². The standard InChI is InChI=1S/C12H21N3O5/c1-13-10(17)9-4-2-3-6-15(9)12(20)14-8(5-7-16)11(18)19/h8-9,16H,2-7H2,1H3,(H,13,17)(H,14,20)(H,18,19)/t8-,9?/m0/s1. The quantitative estimate of drug-likeness (QED) is 0.524. The van der Waals surface area contributed by atoms with E-state index in [1.54, 1.807) is 0 Å². The molecule has 1 aliphatic rings. The Bertz CT molecular complexity index is 374. The van der Waals surface area contributed by atoms with E-state index in [0.717, 1.165) is 12.8 Å². The highest BCUT2D eigenvalue weighted by atomic mass is 16.4. The van der Waals surface area contributed by atoms with Crippen LogP contribution in [0.3, 0.4) is 0 Å². The number of nitrogens with one attached hydrogen (secondary N) is 2. The number of amides is 3. The van der Waals surface area contributed by atoms with Gasteiger partial charge in [-0.05, 0) is 19.3 Å². The molecule has 8 nitrogen and oxygen atoms in total. The molecule has 4 N–H and O–H groups in total. The fraction of sp³-hybridized carbons (Fsp3) is 0.750. The number of rotatable bonds is 5. The molecule has 0 aromatic carbocycles. The number of aliphatic carboxylic acids is 1. The Morgan fingerprint density at radius 1 is 1.35 bits per heavy atom. The summed E-state index contributed by atoms with van der Waals surface area (Å²) in [6, 6.07) is -2.31. The van der Waals surface area contributed by atoms with Crippen LogP contribution in [0.2, 0.25) is 0 Å². The number of hydrogen-bond acceptors (Lipinski definition) is 4. The van der Waals surface area contributed by atoms with Gasteiger partial charge in [0.25, 0.3) is 0 Å². The van der Waals surface area contributed by atoms with Crippen LogP contribution in [0, 0.1) is 0 Å². The summed E-state index contributed by atoms with van der Waals surface area (Å²) < 4.78 is 0. The van der Waals surface area contributed by atoms with Gasteiger partial charge in [-0.3, -0.25) is 4.79 Å². The summed E-state index contributed by atoms with van der Waals surface area (Å²) in [7, 11) is 1.50. The monoisotopic (exact) mass is 287 g/mol. The summed E-state index contributed by atoms with van der Waals surface area (Å²) in [5, 5.41) is 22.6. The zero-order valence-corrected chi connectivity index (χ0v) is 11.5. The zero-order valence-electron chi connectivity index (χ0n) is 11.5. The van der Waals surface area contributed by atoms with Crippen molar-refractivity contribution in [2.45, 2.75) is 37.8 Å². The predicted octanol–water partition coefficient (Wildman–Crippen LogP) is -0.868. The molecular formula is C12H21N3O5. The number of likely N-dealkylation sites (tertiary alicyclic amines) is 1. The van der Waals surface area contributed by atoms with Gasteiger partial charge in [-0.2, -0.15) is 0 Å². The molecule has 1 fully saturated rings. The highest BCUT2D eigenvalue weighted by molar-refractivity contribution is 5.88. The Morgan fingerprint density at radius 2 is 2.05 bits per heavy atom. The first-order chi connectivity index (χ1) is 9.51. The van der Waals surface area contributed by atoms with E-state index < -0.39 is 24.1 Å². The average molecular weight is 287 g/mol. The lowest BCUT2D eigenvalue weighted by atomic mass is 10.0. The van der Waals surface area contributed by atoms with Crippen molar-refractivity contribution in [2.24, 2.45) is 0 Å². The fourth-order valence-corrected chi connectivity index (χ4v) is 2.23. The maximum Gasteiger partial charge on any atom is 0.326 e. The van der Waals surface area contributed by atoms with Crippen LogP contribution in [0.5, 0.6) is 0 Å². The largest absolute Gasteiger partial charge is 0.480 e. The minimum Gasteiger partial charge on any atom is -0.480 e. The Morgan fingerprint density at radius 3 is 2.60 bits per heavy atom. The molecule has 1 rings (SSSR count). The van der Waals surface area contributed by atoms with Crippen LogP contribution in [0.4, 0.5) is 4.79 Å². The van der Waals surface area contributed by atoms with Crippen LogP contribution in [-0.4, -0.2) is 65.3 Å². The van der Waals surface area contributed by atoms with Gasteiger partial charge in [0.2, 0.25) is 5.91 Å². The number of nitrogens with zero attached hydrogens (tertiary/aromatic N) is 1. The van der Waals surface area contributed by atoms with Gasteiger partial charge in [-0.15, -0.1) is 0 Å². The minimum absolute atomic E-state index is 0.0699. The predicted molar refractivity (Wildman–Crippen MR) is 70.1 cm³/mol. The first kappa shape index (κ1) is 16.2. The van der Waals surface area contributed by atoms with E-state index in [0.29, 0.717) is 13.0 Å². The highest BCUT2D eigenvalue weighted by Gasteiger charge is 2.33. The van der Waals surface area contributed by atoms with Gasteiger partial charge in [-0.25, -0.2) is 9.59 Å². The van der Waals surface area contributed by atoms with Crippen molar-refractivity contribution in [3.05, 3.63) is 0 Å². The summed E-state index contributed by atoms with van der Waals surface area (Å²) in [4.78, 5) is 36.2. The minimum atomic E-state index is -1.21. The Labute approximate surface area is 117 Å². The van der Waals surface area contributed by atoms with Gasteiger partial charge in [-0.1, -0.05) is 0 Å². The molecule has 0 saturated carbocycles. The number of carbonyl (C=O) groups excluding carboxylic acids is 2. The first-order valence-corrected chi connectivity index (χ1v) is 6.63. The number of piperidine rings is 1. The summed E-state index contributed by atoms with van der Waals surface area (Å²) in [5.41, 5.74) is 0. The number of carboxylic acid groups (broad SMARTS) is 1. The number of urea groups is 1. The molecule has 0 spiro atoms. The summed E-state index contributed by atoms with van der Waals surface area (Å²) in [6.45, 7) is 0.0749. The number of likely N-dealkylation sites (N-methyl/N-ethyl adjacent to an activating group) is 1. The van der Waals surface area contributed by atoms with Crippen molar-refractivity contribution in [3.8, 4) is 0 Å². The van der Waals surface area contributed by atoms with Gasteiger partial charge >= 0.3 is 12.0 Å². The molecule has 1 aliphatic heterocycles. The van der Waals surface area contributed by atoms with Gasteiger partial charge in [0.15, 0.2) is 0 Å². The van der Waals surface area contributed by atoms with E-state index in [9.17, 15) is 14.4 Å². The van der Waals surface area contributed by atoms with Crippen molar-refractivity contribution >= 4 is 17.9 Å². The van der Waals surface area contributed by atoms with E-state index >= 15 is 0 Å². The molecule has 0 aliphatic carbocycles. The number of aliphatic hydroxyl groups excluding tert-OH is 1. The smallest absolute Gasteiger partial charge is 0.326 e. The third kappa shape index (κ3) is 4.09. The molecule has 0 radical (unpaired) electrons. The molecule has 0 bridgehead atoms. The van der Waals surface area contributed by atoms with Crippen molar-refractivity contribution in [1.82, 2.24) is 15.5 Å². The van der Waals surface area contributed by atoms with Gasteiger partial charge < -0.3 is 25.7 Å². The van der Waals surface area contributed by atoms with E-state index in [1.807, 2.05) is 0 Å². The maximum absolute atomic E-state index is 12.1. The molecule has 1 heterocycles. The average Bonchev–Trinajstić information content (AvgIpc) is 2.45. The lowest BCUT2D eigenvalue weighted by Gasteiger charge is -2.35. The van der Waals surface area contributed by atoms with Crippen LogP contribution >= 0.6 is 0 Å². The Kier molecular flexibility index (Phi) is 6.23. The van der Waals surface area contributed by atoms with E-state index in [1.165, 1.54) is 11.9 Å². The number of carboxylic acids is 1. The molecule has 1 unspecified atom stereocenters. The maximum atomic E-state index is 12.1. The number of hydrogen-bond donors (Lipinski definition) is 4. The van der Waals surface area contributed by atoms with Gasteiger partial charge in [0.05, 0.1) is 0 Å². The molecule has 3 amide bonds. The summed E-state index contributed by atoms with van der Waals surface area (Å²) in [5.74, 6) is -1.46. The zero-order chi connectivity index (χ0) is 15.1. The third-order valence-electron chi connectivity index (χ3n) is 3.33. The summed E-state index contributed by atoms with van der Waals surface area (Å²) in [6.07, 6.45) is 2.11. The van der Waals surface area contributed by atoms with E-state index in [2.05, 4.69) is 10.6 Å². The topological polar surface area (TPSA) is 119 Å².